The number of benzene rings is 4. The number of nitrogens with zero attached hydrogens (tertiary/aromatic N) is 2. The van der Waals surface area contributed by atoms with Gasteiger partial charge in [0.2, 0.25) is 0 Å². The molecule has 0 saturated carbocycles. The molecule has 2 atom stereocenters. The zero-order chi connectivity index (χ0) is 19.8. The van der Waals surface area contributed by atoms with E-state index in [1.54, 1.807) is 0 Å². The number of hydrogen-bond acceptors (Lipinski definition) is 2. The Labute approximate surface area is 174 Å². The van der Waals surface area contributed by atoms with Crippen molar-refractivity contribution >= 4 is 30.4 Å². The third-order valence-corrected chi connectivity index (χ3v) is 7.53. The number of rotatable bonds is 4. The third kappa shape index (κ3) is 3.28. The summed E-state index contributed by atoms with van der Waals surface area (Å²) >= 11 is 0. The minimum atomic E-state index is 0.334. The molecule has 0 aliphatic carbocycles. The Morgan fingerprint density at radius 3 is 1.45 bits per heavy atom. The topological polar surface area (TPSA) is 6.48 Å². The summed E-state index contributed by atoms with van der Waals surface area (Å²) in [5, 5.41) is 5.32. The molecule has 3 heteroatoms. The summed E-state index contributed by atoms with van der Waals surface area (Å²) in [6.07, 6.45) is 4.51. The lowest BCUT2D eigenvalue weighted by atomic mass is 10.00. The molecule has 0 saturated heterocycles. The Hall–Kier alpha value is -2.83. The second-order valence-electron chi connectivity index (χ2n) is 7.70. The minimum absolute atomic E-state index is 0.334. The van der Waals surface area contributed by atoms with E-state index in [1.165, 1.54) is 32.7 Å². The lowest BCUT2D eigenvalue weighted by molar-refractivity contribution is 0.462. The molecule has 0 fully saturated rings. The summed E-state index contributed by atoms with van der Waals surface area (Å²) in [7, 11) is 0.600. The van der Waals surface area contributed by atoms with Crippen LogP contribution in [0.15, 0.2) is 97.3 Å². The van der Waals surface area contributed by atoms with Crippen molar-refractivity contribution < 1.29 is 0 Å². The third-order valence-electron chi connectivity index (χ3n) is 6.00. The fraction of sp³-hybridized carbons (Fsp3) is 0.154. The standard InChI is InChI=1S/C26H25N2P/c1-19(23-15-7-11-21-9-3-5-13-25(21)23)27-17-18-28(29-27)20(2)24-16-8-12-22-10-4-6-14-26(22)24/h3-20,29H,1-2H3. The van der Waals surface area contributed by atoms with Crippen molar-refractivity contribution in [3.05, 3.63) is 108 Å². The van der Waals surface area contributed by atoms with Crippen molar-refractivity contribution in [2.24, 2.45) is 0 Å². The largest absolute Gasteiger partial charge is 0.334 e. The molecule has 4 aromatic carbocycles. The van der Waals surface area contributed by atoms with E-state index in [4.69, 9.17) is 0 Å². The van der Waals surface area contributed by atoms with E-state index in [9.17, 15) is 0 Å². The van der Waals surface area contributed by atoms with Crippen LogP contribution in [0.2, 0.25) is 0 Å². The summed E-state index contributed by atoms with van der Waals surface area (Å²) in [6.45, 7) is 4.62. The first kappa shape index (κ1) is 18.2. The first-order chi connectivity index (χ1) is 14.2. The summed E-state index contributed by atoms with van der Waals surface area (Å²) < 4.78 is 4.92. The second kappa shape index (κ2) is 7.54. The first-order valence-electron chi connectivity index (χ1n) is 10.2. The quantitative estimate of drug-likeness (QED) is 0.331. The van der Waals surface area contributed by atoms with E-state index < -0.39 is 0 Å². The zero-order valence-electron chi connectivity index (χ0n) is 16.8. The normalized spacial score (nSPS) is 16.8. The van der Waals surface area contributed by atoms with Crippen molar-refractivity contribution in [3.63, 3.8) is 0 Å². The summed E-state index contributed by atoms with van der Waals surface area (Å²) in [5.74, 6) is 0. The molecule has 5 rings (SSSR count). The average Bonchev–Trinajstić information content (AvgIpc) is 3.28. The van der Waals surface area contributed by atoms with E-state index in [2.05, 4.69) is 121 Å². The molecule has 1 aliphatic heterocycles. The number of fused-ring (bicyclic) bond motifs is 2. The van der Waals surface area contributed by atoms with Crippen LogP contribution < -0.4 is 0 Å². The molecule has 0 bridgehead atoms. The molecular formula is C26H25N2P. The van der Waals surface area contributed by atoms with Gasteiger partial charge in [-0.1, -0.05) is 84.9 Å². The van der Waals surface area contributed by atoms with Crippen LogP contribution in [0.3, 0.4) is 0 Å². The van der Waals surface area contributed by atoms with Gasteiger partial charge in [0.15, 0.2) is 0 Å². The molecule has 29 heavy (non-hydrogen) atoms. The van der Waals surface area contributed by atoms with E-state index in [-0.39, 0.29) is 0 Å². The van der Waals surface area contributed by atoms with Gasteiger partial charge in [0.1, 0.15) is 0 Å². The van der Waals surface area contributed by atoms with E-state index in [0.717, 1.165) is 0 Å². The smallest absolute Gasteiger partial charge is 0.0801 e. The minimum Gasteiger partial charge on any atom is -0.334 e. The van der Waals surface area contributed by atoms with E-state index in [0.29, 0.717) is 21.0 Å². The SMILES string of the molecule is CC(c1cccc2ccccc12)N1C=CN(C(C)c2cccc3ccccc23)P1. The predicted molar refractivity (Wildman–Crippen MR) is 126 cm³/mol. The summed E-state index contributed by atoms with van der Waals surface area (Å²) in [5.41, 5.74) is 2.78. The predicted octanol–water partition coefficient (Wildman–Crippen LogP) is 7.41. The van der Waals surface area contributed by atoms with Crippen LogP contribution in [-0.2, 0) is 0 Å². The molecule has 0 radical (unpaired) electrons. The maximum Gasteiger partial charge on any atom is 0.0801 e. The average molecular weight is 396 g/mol. The highest BCUT2D eigenvalue weighted by molar-refractivity contribution is 7.33. The van der Waals surface area contributed by atoms with Gasteiger partial charge in [-0.3, -0.25) is 0 Å². The van der Waals surface area contributed by atoms with Gasteiger partial charge in [-0.15, -0.1) is 0 Å². The van der Waals surface area contributed by atoms with Crippen molar-refractivity contribution in [2.75, 3.05) is 0 Å². The fourth-order valence-corrected chi connectivity index (χ4v) is 5.46. The molecule has 0 spiro atoms. The van der Waals surface area contributed by atoms with Gasteiger partial charge in [-0.25, -0.2) is 0 Å². The highest BCUT2D eigenvalue weighted by Crippen LogP contribution is 2.45. The molecule has 144 valence electrons. The van der Waals surface area contributed by atoms with Crippen molar-refractivity contribution in [2.45, 2.75) is 25.9 Å². The van der Waals surface area contributed by atoms with Crippen molar-refractivity contribution in [1.29, 1.82) is 0 Å². The first-order valence-corrected chi connectivity index (χ1v) is 11.1. The Bertz CT molecular complexity index is 1100. The van der Waals surface area contributed by atoms with Crippen LogP contribution in [0.25, 0.3) is 21.5 Å². The molecule has 0 aromatic heterocycles. The van der Waals surface area contributed by atoms with Crippen LogP contribution >= 0.6 is 8.88 Å². The lowest BCUT2D eigenvalue weighted by Crippen LogP contribution is -2.15. The Balaban J connectivity index is 1.40. The van der Waals surface area contributed by atoms with E-state index >= 15 is 0 Å². The molecule has 1 heterocycles. The van der Waals surface area contributed by atoms with Gasteiger partial charge < -0.3 is 9.34 Å². The second-order valence-corrected chi connectivity index (χ2v) is 8.93. The highest BCUT2D eigenvalue weighted by atomic mass is 31.1. The monoisotopic (exact) mass is 396 g/mol. The maximum absolute atomic E-state index is 2.46. The van der Waals surface area contributed by atoms with Gasteiger partial charge in [0.05, 0.1) is 21.0 Å². The van der Waals surface area contributed by atoms with Crippen molar-refractivity contribution in [3.8, 4) is 0 Å². The van der Waals surface area contributed by atoms with E-state index in [1.807, 2.05) is 0 Å². The maximum atomic E-state index is 2.46. The summed E-state index contributed by atoms with van der Waals surface area (Å²) in [4.78, 5) is 0. The Morgan fingerprint density at radius 2 is 0.966 bits per heavy atom. The molecule has 2 unspecified atom stereocenters. The van der Waals surface area contributed by atoms with Gasteiger partial charge in [0.25, 0.3) is 0 Å². The van der Waals surface area contributed by atoms with Gasteiger partial charge in [0, 0.05) is 12.4 Å². The molecular weight excluding hydrogens is 371 g/mol. The number of hydrogen-bond donors (Lipinski definition) is 0. The molecule has 0 N–H and O–H groups in total. The fourth-order valence-electron chi connectivity index (χ4n) is 4.30. The van der Waals surface area contributed by atoms with Crippen molar-refractivity contribution in [1.82, 2.24) is 9.34 Å². The van der Waals surface area contributed by atoms with Crippen LogP contribution in [-0.4, -0.2) is 9.34 Å². The molecule has 0 amide bonds. The van der Waals surface area contributed by atoms with Crippen LogP contribution in [0.1, 0.15) is 37.1 Å². The van der Waals surface area contributed by atoms with Crippen LogP contribution in [0.4, 0.5) is 0 Å². The molecule has 1 aliphatic rings. The lowest BCUT2D eigenvalue weighted by Gasteiger charge is -2.31. The van der Waals surface area contributed by atoms with Crippen LogP contribution in [0.5, 0.6) is 0 Å². The highest BCUT2D eigenvalue weighted by Gasteiger charge is 2.25. The zero-order valence-corrected chi connectivity index (χ0v) is 17.8. The van der Waals surface area contributed by atoms with Crippen LogP contribution in [0, 0.1) is 0 Å². The molecule has 4 aromatic rings. The molecule has 2 nitrogen and oxygen atoms in total. The van der Waals surface area contributed by atoms with Gasteiger partial charge in [-0.05, 0) is 46.5 Å². The Kier molecular flexibility index (Phi) is 4.73. The Morgan fingerprint density at radius 1 is 0.552 bits per heavy atom. The van der Waals surface area contributed by atoms with Gasteiger partial charge in [-0.2, -0.15) is 0 Å². The summed E-state index contributed by atoms with van der Waals surface area (Å²) in [6, 6.07) is 31.3. The van der Waals surface area contributed by atoms with Gasteiger partial charge >= 0.3 is 0 Å².